The van der Waals surface area contributed by atoms with E-state index in [-0.39, 0.29) is 6.03 Å². The molecule has 2 N–H and O–H groups in total. The van der Waals surface area contributed by atoms with Crippen molar-refractivity contribution in [3.8, 4) is 11.4 Å². The van der Waals surface area contributed by atoms with E-state index in [1.54, 1.807) is 36.5 Å². The van der Waals surface area contributed by atoms with Crippen molar-refractivity contribution in [2.24, 2.45) is 0 Å². The minimum absolute atomic E-state index is 0.357. The lowest BCUT2D eigenvalue weighted by Gasteiger charge is -2.07. The van der Waals surface area contributed by atoms with E-state index in [1.807, 2.05) is 19.1 Å². The Labute approximate surface area is 132 Å². The molecule has 7 heteroatoms. The van der Waals surface area contributed by atoms with Crippen molar-refractivity contribution in [1.29, 1.82) is 0 Å². The lowest BCUT2D eigenvalue weighted by molar-refractivity contribution is 0.262. The quantitative estimate of drug-likeness (QED) is 0.771. The summed E-state index contributed by atoms with van der Waals surface area (Å²) in [5.41, 5.74) is 1.48. The predicted molar refractivity (Wildman–Crippen MR) is 86.0 cm³/mol. The van der Waals surface area contributed by atoms with Crippen molar-refractivity contribution in [1.82, 2.24) is 15.1 Å². The molecule has 1 aromatic carbocycles. The summed E-state index contributed by atoms with van der Waals surface area (Å²) in [6.45, 7) is 1.95. The molecule has 0 spiro atoms. The minimum Gasteiger partial charge on any atom is -0.339 e. The molecule has 7 nitrogen and oxygen atoms in total. The Morgan fingerprint density at radius 3 is 2.61 bits per heavy atom. The molecule has 3 rings (SSSR count). The molecule has 0 radical (unpaired) electrons. The fourth-order valence-corrected chi connectivity index (χ4v) is 1.93. The summed E-state index contributed by atoms with van der Waals surface area (Å²) in [6.07, 6.45) is 2.31. The lowest BCUT2D eigenvalue weighted by Crippen LogP contribution is -2.19. The molecule has 2 heterocycles. The van der Waals surface area contributed by atoms with Crippen LogP contribution in [0.3, 0.4) is 0 Å². The topological polar surface area (TPSA) is 92.9 Å². The molecule has 0 saturated carbocycles. The lowest BCUT2D eigenvalue weighted by atomic mass is 10.2. The van der Waals surface area contributed by atoms with E-state index in [1.165, 1.54) is 0 Å². The summed E-state index contributed by atoms with van der Waals surface area (Å²) in [4.78, 5) is 20.2. The number of urea groups is 1. The Morgan fingerprint density at radius 1 is 1.13 bits per heavy atom. The van der Waals surface area contributed by atoms with Gasteiger partial charge in [0.05, 0.1) is 0 Å². The molecule has 0 aliphatic carbocycles. The average Bonchev–Trinajstić information content (AvgIpc) is 3.05. The molecule has 0 bridgehead atoms. The molecule has 23 heavy (non-hydrogen) atoms. The van der Waals surface area contributed by atoms with Crippen LogP contribution in [-0.2, 0) is 6.42 Å². The summed E-state index contributed by atoms with van der Waals surface area (Å²) in [7, 11) is 0. The van der Waals surface area contributed by atoms with Gasteiger partial charge >= 0.3 is 6.03 Å². The van der Waals surface area contributed by atoms with Crippen molar-refractivity contribution in [3.63, 3.8) is 0 Å². The van der Waals surface area contributed by atoms with Crippen molar-refractivity contribution < 1.29 is 9.32 Å². The zero-order valence-electron chi connectivity index (χ0n) is 12.5. The van der Waals surface area contributed by atoms with Crippen LogP contribution in [0.5, 0.6) is 0 Å². The van der Waals surface area contributed by atoms with Gasteiger partial charge in [0, 0.05) is 23.9 Å². The molecule has 3 aromatic rings. The number of benzene rings is 1. The van der Waals surface area contributed by atoms with Gasteiger partial charge in [-0.2, -0.15) is 4.98 Å². The first-order chi connectivity index (χ1) is 11.2. The Hall–Kier alpha value is -3.22. The third-order valence-corrected chi connectivity index (χ3v) is 3.08. The minimum atomic E-state index is -0.357. The van der Waals surface area contributed by atoms with E-state index in [4.69, 9.17) is 4.52 Å². The maximum atomic E-state index is 11.9. The second-order valence-corrected chi connectivity index (χ2v) is 4.74. The standard InChI is InChI=1S/C16H15N5O2/c1-2-14-20-15(21-23-14)11-6-8-12(9-7-11)18-16(22)19-13-5-3-4-10-17-13/h3-10H,2H2,1H3,(H2,17,18,19,22). The number of nitrogens with one attached hydrogen (secondary N) is 2. The molecule has 2 amide bonds. The van der Waals surface area contributed by atoms with Gasteiger partial charge in [0.2, 0.25) is 11.7 Å². The van der Waals surface area contributed by atoms with Crippen molar-refractivity contribution in [2.75, 3.05) is 10.6 Å². The number of carbonyl (C=O) groups is 1. The average molecular weight is 309 g/mol. The van der Waals surface area contributed by atoms with Crippen LogP contribution in [0.1, 0.15) is 12.8 Å². The Kier molecular flexibility index (Phi) is 4.28. The zero-order valence-corrected chi connectivity index (χ0v) is 12.5. The Morgan fingerprint density at radius 2 is 1.96 bits per heavy atom. The summed E-state index contributed by atoms with van der Waals surface area (Å²) in [6, 6.07) is 12.1. The molecule has 0 atom stereocenters. The van der Waals surface area contributed by atoms with Crippen LogP contribution in [0.4, 0.5) is 16.3 Å². The molecule has 2 aromatic heterocycles. The first kappa shape index (κ1) is 14.7. The number of amides is 2. The van der Waals surface area contributed by atoms with Gasteiger partial charge in [-0.25, -0.2) is 9.78 Å². The van der Waals surface area contributed by atoms with E-state index in [9.17, 15) is 4.79 Å². The molecular weight excluding hydrogens is 294 g/mol. The maximum Gasteiger partial charge on any atom is 0.324 e. The largest absolute Gasteiger partial charge is 0.339 e. The summed E-state index contributed by atoms with van der Waals surface area (Å²) in [5.74, 6) is 1.61. The van der Waals surface area contributed by atoms with Gasteiger partial charge in [-0.3, -0.25) is 5.32 Å². The van der Waals surface area contributed by atoms with Gasteiger partial charge in [0.1, 0.15) is 5.82 Å². The van der Waals surface area contributed by atoms with Gasteiger partial charge in [0.15, 0.2) is 0 Å². The summed E-state index contributed by atoms with van der Waals surface area (Å²) >= 11 is 0. The molecule has 0 aliphatic heterocycles. The number of anilines is 2. The fraction of sp³-hybridized carbons (Fsp3) is 0.125. The molecule has 0 unspecified atom stereocenters. The highest BCUT2D eigenvalue weighted by Gasteiger charge is 2.08. The van der Waals surface area contributed by atoms with Gasteiger partial charge in [-0.05, 0) is 36.4 Å². The second-order valence-electron chi connectivity index (χ2n) is 4.74. The first-order valence-electron chi connectivity index (χ1n) is 7.16. The SMILES string of the molecule is CCc1nc(-c2ccc(NC(=O)Nc3ccccn3)cc2)no1. The Balaban J connectivity index is 1.64. The van der Waals surface area contributed by atoms with Crippen LogP contribution in [0.2, 0.25) is 0 Å². The fourth-order valence-electron chi connectivity index (χ4n) is 1.93. The van der Waals surface area contributed by atoms with E-state index in [2.05, 4.69) is 25.8 Å². The van der Waals surface area contributed by atoms with Crippen molar-refractivity contribution in [3.05, 3.63) is 54.6 Å². The number of carbonyl (C=O) groups excluding carboxylic acids is 1. The number of hydrogen-bond acceptors (Lipinski definition) is 5. The highest BCUT2D eigenvalue weighted by Crippen LogP contribution is 2.19. The monoisotopic (exact) mass is 309 g/mol. The van der Waals surface area contributed by atoms with Crippen LogP contribution in [0, 0.1) is 0 Å². The Bertz CT molecular complexity index is 784. The molecular formula is C16H15N5O2. The van der Waals surface area contributed by atoms with Crippen LogP contribution in [0.15, 0.2) is 53.2 Å². The van der Waals surface area contributed by atoms with Crippen LogP contribution >= 0.6 is 0 Å². The maximum absolute atomic E-state index is 11.9. The van der Waals surface area contributed by atoms with E-state index < -0.39 is 0 Å². The third kappa shape index (κ3) is 3.70. The first-order valence-corrected chi connectivity index (χ1v) is 7.16. The number of aromatic nitrogens is 3. The highest BCUT2D eigenvalue weighted by atomic mass is 16.5. The molecule has 0 fully saturated rings. The van der Waals surface area contributed by atoms with Crippen molar-refractivity contribution >= 4 is 17.5 Å². The van der Waals surface area contributed by atoms with Crippen LogP contribution in [-0.4, -0.2) is 21.2 Å². The molecule has 116 valence electrons. The van der Waals surface area contributed by atoms with Crippen LogP contribution < -0.4 is 10.6 Å². The number of nitrogens with zero attached hydrogens (tertiary/aromatic N) is 3. The zero-order chi connectivity index (χ0) is 16.1. The van der Waals surface area contributed by atoms with Gasteiger partial charge < -0.3 is 9.84 Å². The summed E-state index contributed by atoms with van der Waals surface area (Å²) < 4.78 is 5.08. The highest BCUT2D eigenvalue weighted by molar-refractivity contribution is 5.99. The normalized spacial score (nSPS) is 10.3. The van der Waals surface area contributed by atoms with Crippen molar-refractivity contribution in [2.45, 2.75) is 13.3 Å². The number of hydrogen-bond donors (Lipinski definition) is 2. The molecule has 0 aliphatic rings. The van der Waals surface area contributed by atoms with E-state index in [0.29, 0.717) is 29.6 Å². The van der Waals surface area contributed by atoms with Gasteiger partial charge in [-0.15, -0.1) is 0 Å². The number of rotatable bonds is 4. The van der Waals surface area contributed by atoms with Gasteiger partial charge in [-0.1, -0.05) is 18.1 Å². The summed E-state index contributed by atoms with van der Waals surface area (Å²) in [5, 5.41) is 9.29. The van der Waals surface area contributed by atoms with Gasteiger partial charge in [0.25, 0.3) is 0 Å². The predicted octanol–water partition coefficient (Wildman–Crippen LogP) is 3.34. The number of aryl methyl sites for hydroxylation is 1. The second kappa shape index (κ2) is 6.69. The smallest absolute Gasteiger partial charge is 0.324 e. The number of pyridine rings is 1. The van der Waals surface area contributed by atoms with Crippen LogP contribution in [0.25, 0.3) is 11.4 Å². The van der Waals surface area contributed by atoms with E-state index >= 15 is 0 Å². The third-order valence-electron chi connectivity index (χ3n) is 3.08. The van der Waals surface area contributed by atoms with E-state index in [0.717, 1.165) is 5.56 Å². The molecule has 0 saturated heterocycles.